The van der Waals surface area contributed by atoms with Crippen molar-refractivity contribution < 1.29 is 17.9 Å². The van der Waals surface area contributed by atoms with Crippen molar-refractivity contribution in [3.05, 3.63) is 48.3 Å². The minimum Gasteiger partial charge on any atom is -0.497 e. The van der Waals surface area contributed by atoms with E-state index in [1.54, 1.807) is 30.3 Å². The van der Waals surface area contributed by atoms with Gasteiger partial charge in [-0.1, -0.05) is 12.1 Å². The Morgan fingerprint density at radius 1 is 1.07 bits per heavy atom. The van der Waals surface area contributed by atoms with E-state index in [0.29, 0.717) is 11.4 Å². The first-order valence-corrected chi connectivity index (χ1v) is 10.3. The number of aryl methyl sites for hydroxylation is 1. The molecule has 0 aliphatic carbocycles. The summed E-state index contributed by atoms with van der Waals surface area (Å²) >= 11 is 0. The Labute approximate surface area is 163 Å². The zero-order chi connectivity index (χ0) is 19.7. The Balaban J connectivity index is 1.68. The van der Waals surface area contributed by atoms with E-state index in [1.807, 2.05) is 6.07 Å². The number of hydrogen-bond donors (Lipinski definition) is 1. The molecule has 4 rings (SSSR count). The molecule has 1 N–H and O–H groups in total. The molecule has 0 fully saturated rings. The van der Waals surface area contributed by atoms with Gasteiger partial charge in [-0.25, -0.2) is 8.42 Å². The molecule has 2 heterocycles. The molecule has 3 aromatic rings. The van der Waals surface area contributed by atoms with E-state index in [4.69, 9.17) is 9.47 Å². The molecule has 0 unspecified atom stereocenters. The predicted molar refractivity (Wildman–Crippen MR) is 104 cm³/mol. The van der Waals surface area contributed by atoms with E-state index >= 15 is 0 Å². The van der Waals surface area contributed by atoms with Crippen molar-refractivity contribution in [3.63, 3.8) is 0 Å². The van der Waals surface area contributed by atoms with Gasteiger partial charge in [0.2, 0.25) is 0 Å². The molecule has 28 heavy (non-hydrogen) atoms. The monoisotopic (exact) mass is 400 g/mol. The van der Waals surface area contributed by atoms with Crippen LogP contribution in [0.5, 0.6) is 11.5 Å². The number of nitrogens with zero attached hydrogens (tertiary/aromatic N) is 3. The van der Waals surface area contributed by atoms with Gasteiger partial charge in [0.1, 0.15) is 22.2 Å². The molecule has 0 amide bonds. The van der Waals surface area contributed by atoms with Gasteiger partial charge in [-0.15, -0.1) is 10.2 Å². The van der Waals surface area contributed by atoms with Crippen molar-refractivity contribution in [2.75, 3.05) is 18.9 Å². The fraction of sp³-hybridized carbons (Fsp3) is 0.263. The minimum atomic E-state index is -3.88. The minimum absolute atomic E-state index is 0.00289. The maximum Gasteiger partial charge on any atom is 0.265 e. The number of benzene rings is 2. The van der Waals surface area contributed by atoms with Crippen molar-refractivity contribution >= 4 is 15.7 Å². The molecular formula is C19H20N4O4S. The number of aromatic nitrogens is 3. The predicted octanol–water partition coefficient (Wildman–Crippen LogP) is 2.71. The standard InChI is InChI=1S/C19H20N4O4S/c1-26-15-8-9-16(27-2)17(12-15)28(24,25)22-14-6-3-5-13(11-14)19-21-20-18-7-4-10-23(18)19/h3,5-6,8-9,11-12,22H,4,7,10H2,1-2H3. The number of nitrogens with one attached hydrogen (secondary N) is 1. The summed E-state index contributed by atoms with van der Waals surface area (Å²) < 4.78 is 40.9. The molecule has 1 aliphatic rings. The van der Waals surface area contributed by atoms with Gasteiger partial charge in [0.15, 0.2) is 5.82 Å². The number of methoxy groups -OCH3 is 2. The Bertz CT molecular complexity index is 1120. The number of ether oxygens (including phenoxy) is 2. The highest BCUT2D eigenvalue weighted by atomic mass is 32.2. The SMILES string of the molecule is COc1ccc(OC)c(S(=O)(=O)Nc2cccc(-c3nnc4n3CCC4)c2)c1. The lowest BCUT2D eigenvalue weighted by molar-refractivity contribution is 0.392. The van der Waals surface area contributed by atoms with Crippen LogP contribution >= 0.6 is 0 Å². The van der Waals surface area contributed by atoms with Gasteiger partial charge in [-0.3, -0.25) is 4.72 Å². The summed E-state index contributed by atoms with van der Waals surface area (Å²) in [5.41, 5.74) is 1.23. The van der Waals surface area contributed by atoms with E-state index in [2.05, 4.69) is 19.5 Å². The van der Waals surface area contributed by atoms with E-state index in [-0.39, 0.29) is 10.6 Å². The number of rotatable bonds is 6. The first-order valence-electron chi connectivity index (χ1n) is 8.79. The first-order chi connectivity index (χ1) is 13.5. The molecule has 0 saturated heterocycles. The van der Waals surface area contributed by atoms with Crippen LogP contribution in [0.25, 0.3) is 11.4 Å². The molecule has 9 heteroatoms. The Morgan fingerprint density at radius 2 is 1.93 bits per heavy atom. The van der Waals surface area contributed by atoms with E-state index in [0.717, 1.165) is 36.6 Å². The highest BCUT2D eigenvalue weighted by Crippen LogP contribution is 2.31. The molecule has 1 aromatic heterocycles. The maximum absolute atomic E-state index is 13.0. The fourth-order valence-corrected chi connectivity index (χ4v) is 4.52. The van der Waals surface area contributed by atoms with Crippen molar-refractivity contribution in [2.45, 2.75) is 24.3 Å². The molecule has 0 saturated carbocycles. The van der Waals surface area contributed by atoms with Gasteiger partial charge in [0, 0.05) is 30.3 Å². The summed E-state index contributed by atoms with van der Waals surface area (Å²) in [5.74, 6) is 2.36. The summed E-state index contributed by atoms with van der Waals surface area (Å²) in [5, 5.41) is 8.46. The second-order valence-corrected chi connectivity index (χ2v) is 8.05. The van der Waals surface area contributed by atoms with Crippen LogP contribution in [0.1, 0.15) is 12.2 Å². The molecule has 0 radical (unpaired) electrons. The molecule has 1 aliphatic heterocycles. The Hall–Kier alpha value is -3.07. The van der Waals surface area contributed by atoms with Crippen LogP contribution in [0.15, 0.2) is 47.4 Å². The van der Waals surface area contributed by atoms with E-state index in [9.17, 15) is 8.42 Å². The van der Waals surface area contributed by atoms with Crippen LogP contribution in [0.2, 0.25) is 0 Å². The van der Waals surface area contributed by atoms with Crippen LogP contribution in [-0.2, 0) is 23.0 Å². The lowest BCUT2D eigenvalue weighted by Gasteiger charge is -2.13. The topological polar surface area (TPSA) is 95.3 Å². The first kappa shape index (κ1) is 18.3. The van der Waals surface area contributed by atoms with Gasteiger partial charge in [-0.05, 0) is 30.7 Å². The highest BCUT2D eigenvalue weighted by molar-refractivity contribution is 7.92. The Kier molecular flexibility index (Phi) is 4.68. The molecule has 0 spiro atoms. The maximum atomic E-state index is 13.0. The molecule has 0 atom stereocenters. The van der Waals surface area contributed by atoms with Crippen LogP contribution in [-0.4, -0.2) is 37.4 Å². The van der Waals surface area contributed by atoms with Gasteiger partial charge < -0.3 is 14.0 Å². The van der Waals surface area contributed by atoms with Crippen molar-refractivity contribution in [3.8, 4) is 22.9 Å². The molecular weight excluding hydrogens is 380 g/mol. The number of anilines is 1. The van der Waals surface area contributed by atoms with Gasteiger partial charge in [-0.2, -0.15) is 0 Å². The summed E-state index contributed by atoms with van der Waals surface area (Å²) in [7, 11) is -0.981. The summed E-state index contributed by atoms with van der Waals surface area (Å²) in [6, 6.07) is 11.7. The quantitative estimate of drug-likeness (QED) is 0.684. The van der Waals surface area contributed by atoms with Crippen molar-refractivity contribution in [1.29, 1.82) is 0 Å². The number of fused-ring (bicyclic) bond motifs is 1. The second kappa shape index (κ2) is 7.16. The molecule has 2 aromatic carbocycles. The average Bonchev–Trinajstić information content (AvgIpc) is 3.31. The van der Waals surface area contributed by atoms with Crippen LogP contribution in [0, 0.1) is 0 Å². The van der Waals surface area contributed by atoms with Crippen LogP contribution < -0.4 is 14.2 Å². The van der Waals surface area contributed by atoms with Crippen LogP contribution in [0.4, 0.5) is 5.69 Å². The highest BCUT2D eigenvalue weighted by Gasteiger charge is 2.22. The third-order valence-electron chi connectivity index (χ3n) is 4.64. The molecule has 8 nitrogen and oxygen atoms in total. The van der Waals surface area contributed by atoms with E-state index < -0.39 is 10.0 Å². The zero-order valence-electron chi connectivity index (χ0n) is 15.5. The molecule has 146 valence electrons. The lowest BCUT2D eigenvalue weighted by atomic mass is 10.2. The van der Waals surface area contributed by atoms with Gasteiger partial charge in [0.05, 0.1) is 14.2 Å². The van der Waals surface area contributed by atoms with Crippen LogP contribution in [0.3, 0.4) is 0 Å². The Morgan fingerprint density at radius 3 is 2.71 bits per heavy atom. The normalized spacial score (nSPS) is 13.2. The van der Waals surface area contributed by atoms with Crippen molar-refractivity contribution in [1.82, 2.24) is 14.8 Å². The van der Waals surface area contributed by atoms with E-state index in [1.165, 1.54) is 20.3 Å². The lowest BCUT2D eigenvalue weighted by Crippen LogP contribution is -2.14. The number of hydrogen-bond acceptors (Lipinski definition) is 6. The summed E-state index contributed by atoms with van der Waals surface area (Å²) in [6.45, 7) is 0.870. The molecule has 0 bridgehead atoms. The average molecular weight is 400 g/mol. The summed E-state index contributed by atoms with van der Waals surface area (Å²) in [4.78, 5) is 0.00289. The fourth-order valence-electron chi connectivity index (χ4n) is 3.29. The largest absolute Gasteiger partial charge is 0.497 e. The number of sulfonamides is 1. The second-order valence-electron chi connectivity index (χ2n) is 6.40. The van der Waals surface area contributed by atoms with Gasteiger partial charge in [0.25, 0.3) is 10.0 Å². The zero-order valence-corrected chi connectivity index (χ0v) is 16.4. The summed E-state index contributed by atoms with van der Waals surface area (Å²) in [6.07, 6.45) is 1.95. The third kappa shape index (κ3) is 3.29. The third-order valence-corrected chi connectivity index (χ3v) is 6.05. The smallest absolute Gasteiger partial charge is 0.265 e. The van der Waals surface area contributed by atoms with Gasteiger partial charge >= 0.3 is 0 Å². The van der Waals surface area contributed by atoms with Crippen molar-refractivity contribution in [2.24, 2.45) is 0 Å².